The van der Waals surface area contributed by atoms with Crippen molar-refractivity contribution in [3.63, 3.8) is 0 Å². The van der Waals surface area contributed by atoms with Crippen LogP contribution in [0.25, 0.3) is 6.08 Å². The number of rotatable bonds is 6. The molecule has 0 atom stereocenters. The number of benzene rings is 1. The molecule has 1 saturated carbocycles. The van der Waals surface area contributed by atoms with Gasteiger partial charge < -0.3 is 0 Å². The summed E-state index contributed by atoms with van der Waals surface area (Å²) in [6.45, 7) is 4.55. The van der Waals surface area contributed by atoms with Crippen LogP contribution >= 0.6 is 0 Å². The van der Waals surface area contributed by atoms with Crippen LogP contribution in [0.5, 0.6) is 0 Å². The van der Waals surface area contributed by atoms with E-state index in [4.69, 9.17) is 0 Å². The maximum atomic E-state index is 3.15. The van der Waals surface area contributed by atoms with Crippen LogP contribution in [0.4, 0.5) is 0 Å². The van der Waals surface area contributed by atoms with E-state index in [0.717, 1.165) is 11.8 Å². The molecule has 1 aliphatic carbocycles. The Balaban J connectivity index is 1.74. The molecular weight excluding hydrogens is 288 g/mol. The average Bonchev–Trinajstić information content (AvgIpc) is 2.64. The van der Waals surface area contributed by atoms with Gasteiger partial charge in [0.15, 0.2) is 0 Å². The molecular formula is C24H32. The minimum Gasteiger partial charge on any atom is -0.0730 e. The van der Waals surface area contributed by atoms with Crippen molar-refractivity contribution in [3.05, 3.63) is 53.6 Å². The van der Waals surface area contributed by atoms with E-state index < -0.39 is 0 Å². The summed E-state index contributed by atoms with van der Waals surface area (Å²) in [6.07, 6.45) is 19.0. The lowest BCUT2D eigenvalue weighted by molar-refractivity contribution is 0.304. The fourth-order valence-electron chi connectivity index (χ4n) is 3.38. The number of allylic oxidation sites excluding steroid dienone is 3. The molecule has 24 heavy (non-hydrogen) atoms. The molecule has 1 fully saturated rings. The van der Waals surface area contributed by atoms with Gasteiger partial charge in [-0.1, -0.05) is 68.9 Å². The van der Waals surface area contributed by atoms with E-state index in [1.165, 1.54) is 62.5 Å². The predicted molar refractivity (Wildman–Crippen MR) is 107 cm³/mol. The van der Waals surface area contributed by atoms with E-state index >= 15 is 0 Å². The molecule has 1 aromatic rings. The first kappa shape index (κ1) is 18.6. The lowest BCUT2D eigenvalue weighted by Crippen LogP contribution is -2.11. The largest absolute Gasteiger partial charge is 0.0730 e. The van der Waals surface area contributed by atoms with E-state index in [-0.39, 0.29) is 0 Å². The van der Waals surface area contributed by atoms with Crippen molar-refractivity contribution in [3.8, 4) is 11.8 Å². The van der Waals surface area contributed by atoms with Crippen molar-refractivity contribution < 1.29 is 0 Å². The summed E-state index contributed by atoms with van der Waals surface area (Å²) in [7, 11) is 0. The summed E-state index contributed by atoms with van der Waals surface area (Å²) < 4.78 is 0. The number of aryl methyl sites for hydroxylation is 1. The first-order chi connectivity index (χ1) is 11.8. The quantitative estimate of drug-likeness (QED) is 0.504. The van der Waals surface area contributed by atoms with Crippen LogP contribution in [0, 0.1) is 23.7 Å². The maximum absolute atomic E-state index is 3.15. The highest BCUT2D eigenvalue weighted by atomic mass is 14.2. The summed E-state index contributed by atoms with van der Waals surface area (Å²) in [5.74, 6) is 8.00. The fraction of sp³-hybridized carbons (Fsp3) is 0.500. The van der Waals surface area contributed by atoms with Crippen LogP contribution in [0.15, 0.2) is 42.5 Å². The van der Waals surface area contributed by atoms with Gasteiger partial charge in [-0.05, 0) is 79.7 Å². The Labute approximate surface area is 149 Å². The molecule has 0 unspecified atom stereocenters. The van der Waals surface area contributed by atoms with Crippen molar-refractivity contribution in [1.29, 1.82) is 0 Å². The van der Waals surface area contributed by atoms with Gasteiger partial charge in [0.2, 0.25) is 0 Å². The van der Waals surface area contributed by atoms with Gasteiger partial charge in [-0.25, -0.2) is 0 Å². The highest BCUT2D eigenvalue weighted by Crippen LogP contribution is 2.31. The highest BCUT2D eigenvalue weighted by Gasteiger charge is 2.17. The van der Waals surface area contributed by atoms with Crippen LogP contribution in [0.1, 0.15) is 69.9 Å². The van der Waals surface area contributed by atoms with Gasteiger partial charge in [0.25, 0.3) is 0 Å². The zero-order chi connectivity index (χ0) is 17.0. The van der Waals surface area contributed by atoms with Crippen LogP contribution in [0.2, 0.25) is 0 Å². The molecule has 1 aliphatic rings. The Bertz CT molecular complexity index is 569. The topological polar surface area (TPSA) is 0 Å². The van der Waals surface area contributed by atoms with E-state index in [0.29, 0.717) is 0 Å². The van der Waals surface area contributed by atoms with Crippen molar-refractivity contribution in [1.82, 2.24) is 0 Å². The second-order valence-electron chi connectivity index (χ2n) is 7.02. The van der Waals surface area contributed by atoms with Gasteiger partial charge in [-0.2, -0.15) is 0 Å². The maximum Gasteiger partial charge on any atom is -0.0109 e. The summed E-state index contributed by atoms with van der Waals surface area (Å²) in [5, 5.41) is 0. The van der Waals surface area contributed by atoms with Crippen LogP contribution < -0.4 is 0 Å². The smallest absolute Gasteiger partial charge is 0.0109 e. The number of unbranched alkanes of at least 4 members (excludes halogenated alkanes) is 1. The molecule has 0 heterocycles. The third-order valence-electron chi connectivity index (χ3n) is 5.16. The van der Waals surface area contributed by atoms with E-state index in [1.54, 1.807) is 0 Å². The van der Waals surface area contributed by atoms with Gasteiger partial charge in [0.05, 0.1) is 0 Å². The van der Waals surface area contributed by atoms with Crippen molar-refractivity contribution in [2.75, 3.05) is 0 Å². The first-order valence-electron chi connectivity index (χ1n) is 9.75. The van der Waals surface area contributed by atoms with Gasteiger partial charge in [0.1, 0.15) is 0 Å². The minimum atomic E-state index is 0.752. The van der Waals surface area contributed by atoms with Crippen molar-refractivity contribution >= 4 is 6.08 Å². The molecule has 0 nitrogen and oxygen atoms in total. The summed E-state index contributed by atoms with van der Waals surface area (Å²) in [6, 6.07) is 8.83. The summed E-state index contributed by atoms with van der Waals surface area (Å²) in [4.78, 5) is 0. The van der Waals surface area contributed by atoms with Crippen molar-refractivity contribution in [2.24, 2.45) is 11.8 Å². The third kappa shape index (κ3) is 6.79. The summed E-state index contributed by atoms with van der Waals surface area (Å²) >= 11 is 0. The fourth-order valence-corrected chi connectivity index (χ4v) is 3.38. The van der Waals surface area contributed by atoms with Crippen LogP contribution in [-0.2, 0) is 6.42 Å². The Kier molecular flexibility index (Phi) is 8.47. The third-order valence-corrected chi connectivity index (χ3v) is 5.16. The van der Waals surface area contributed by atoms with E-state index in [2.05, 4.69) is 68.2 Å². The zero-order valence-corrected chi connectivity index (χ0v) is 15.4. The summed E-state index contributed by atoms with van der Waals surface area (Å²) in [5.41, 5.74) is 2.66. The second-order valence-corrected chi connectivity index (χ2v) is 7.02. The molecule has 0 bridgehead atoms. The van der Waals surface area contributed by atoms with Crippen molar-refractivity contribution in [2.45, 2.75) is 65.2 Å². The second kappa shape index (κ2) is 10.9. The molecule has 0 radical (unpaired) electrons. The molecule has 128 valence electrons. The highest BCUT2D eigenvalue weighted by molar-refractivity contribution is 5.53. The van der Waals surface area contributed by atoms with Gasteiger partial charge in [-0.3, -0.25) is 0 Å². The normalized spacial score (nSPS) is 21.1. The molecule has 2 rings (SSSR count). The molecule has 0 N–H and O–H groups in total. The first-order valence-corrected chi connectivity index (χ1v) is 9.75. The Morgan fingerprint density at radius 2 is 1.67 bits per heavy atom. The lowest BCUT2D eigenvalue weighted by Gasteiger charge is -2.25. The minimum absolute atomic E-state index is 0.752. The average molecular weight is 321 g/mol. The molecule has 0 aliphatic heterocycles. The molecule has 0 spiro atoms. The number of hydrogen-bond acceptors (Lipinski definition) is 0. The molecule has 0 saturated heterocycles. The van der Waals surface area contributed by atoms with Gasteiger partial charge in [0, 0.05) is 0 Å². The zero-order valence-electron chi connectivity index (χ0n) is 15.4. The van der Waals surface area contributed by atoms with Crippen LogP contribution in [0.3, 0.4) is 0 Å². The molecule has 1 aromatic carbocycles. The predicted octanol–water partition coefficient (Wildman–Crippen LogP) is 6.82. The van der Waals surface area contributed by atoms with E-state index in [1.807, 2.05) is 6.08 Å². The molecule has 0 heteroatoms. The Morgan fingerprint density at radius 3 is 2.33 bits per heavy atom. The molecule has 0 aromatic heterocycles. The van der Waals surface area contributed by atoms with E-state index in [9.17, 15) is 0 Å². The lowest BCUT2D eigenvalue weighted by atomic mass is 9.81. The Morgan fingerprint density at radius 1 is 0.958 bits per heavy atom. The van der Waals surface area contributed by atoms with Gasteiger partial charge >= 0.3 is 0 Å². The molecule has 0 amide bonds. The number of hydrogen-bond donors (Lipinski definition) is 0. The monoisotopic (exact) mass is 320 g/mol. The SMILES string of the molecule is CCCCc1ccc(/C=C/C#C/C=C/[C@H]2CC[C@H](CC)CC2)cc1. The van der Waals surface area contributed by atoms with Gasteiger partial charge in [-0.15, -0.1) is 0 Å². The van der Waals surface area contributed by atoms with Crippen LogP contribution in [-0.4, -0.2) is 0 Å². The Hall–Kier alpha value is -1.74. The standard InChI is InChI=1S/C24H32/c1-3-5-10-22-17-19-24(20-18-22)12-9-7-6-8-11-23-15-13-21(4-2)14-16-23/h8-9,11-12,17-21,23H,3-5,10,13-16H2,1-2H3/b11-8+,12-9+/t21-,23-.